The third-order valence-electron chi connectivity index (χ3n) is 13.4. The van der Waals surface area contributed by atoms with Crippen LogP contribution in [0.2, 0.25) is 0 Å². The summed E-state index contributed by atoms with van der Waals surface area (Å²) in [4.78, 5) is 21.2. The number of hydrogen-bond acceptors (Lipinski definition) is 6. The van der Waals surface area contributed by atoms with Gasteiger partial charge in [0.25, 0.3) is 5.91 Å². The van der Waals surface area contributed by atoms with E-state index < -0.39 is 0 Å². The molecule has 7 aromatic carbocycles. The van der Waals surface area contributed by atoms with E-state index in [0.29, 0.717) is 12.6 Å². The average Bonchev–Trinajstić information content (AvgIpc) is 3.40. The fourth-order valence-electron chi connectivity index (χ4n) is 9.34. The lowest BCUT2D eigenvalue weighted by Gasteiger charge is -2.39. The maximum atomic E-state index is 14.0. The molecule has 9 rings (SSSR count). The van der Waals surface area contributed by atoms with Gasteiger partial charge in [-0.25, -0.2) is 0 Å². The van der Waals surface area contributed by atoms with Crippen LogP contribution in [0.3, 0.4) is 0 Å². The van der Waals surface area contributed by atoms with Crippen LogP contribution in [0.4, 0.5) is 0 Å². The fraction of sp³-hybridized carbons (Fsp3) is 0.306. The number of rotatable bonds is 19. The van der Waals surface area contributed by atoms with Crippen LogP contribution in [0.1, 0.15) is 90.0 Å². The minimum absolute atomic E-state index is 0.122. The molecule has 0 bridgehead atoms. The van der Waals surface area contributed by atoms with Gasteiger partial charge in [0, 0.05) is 56.9 Å². The number of nitrogens with zero attached hydrogens (tertiary/aromatic N) is 3. The maximum Gasteiger partial charge on any atom is 0.254 e. The van der Waals surface area contributed by atoms with Crippen molar-refractivity contribution in [1.29, 1.82) is 0 Å². The van der Waals surface area contributed by atoms with Crippen LogP contribution in [-0.2, 0) is 32.6 Å². The highest BCUT2D eigenvalue weighted by atomic mass is 16.5. The molecule has 0 saturated carbocycles. The van der Waals surface area contributed by atoms with Gasteiger partial charge in [-0.15, -0.1) is 0 Å². The zero-order valence-corrected chi connectivity index (χ0v) is 40.5. The zero-order chi connectivity index (χ0) is 47.3. The number of carbonyl (C=O) groups is 1. The molecular formula is C62H70N4O3. The van der Waals surface area contributed by atoms with Crippen molar-refractivity contribution in [3.05, 3.63) is 228 Å². The SMILES string of the molecule is CCCCCc1ccc(C(=O)N(Cc2ccc(Oc3ccccc3)cc2)C2CCN(Cc3ccccc3)CC2)cc1.c1ccc(CN2CCC(NCc3ccc(Oc4ccccc4)cc3)CC2)cc1. The van der Waals surface area contributed by atoms with E-state index >= 15 is 0 Å². The summed E-state index contributed by atoms with van der Waals surface area (Å²) in [6.45, 7) is 10.1. The molecule has 0 aromatic heterocycles. The van der Waals surface area contributed by atoms with E-state index in [0.717, 1.165) is 99.2 Å². The topological polar surface area (TPSA) is 57.3 Å². The summed E-state index contributed by atoms with van der Waals surface area (Å²) >= 11 is 0. The van der Waals surface area contributed by atoms with Gasteiger partial charge >= 0.3 is 0 Å². The highest BCUT2D eigenvalue weighted by Gasteiger charge is 2.29. The number of likely N-dealkylation sites (tertiary alicyclic amines) is 2. The van der Waals surface area contributed by atoms with Crippen molar-refractivity contribution in [3.8, 4) is 23.0 Å². The summed E-state index contributed by atoms with van der Waals surface area (Å²) < 4.78 is 11.9. The minimum Gasteiger partial charge on any atom is -0.457 e. The Labute approximate surface area is 411 Å². The minimum atomic E-state index is 0.122. The fourth-order valence-corrected chi connectivity index (χ4v) is 9.34. The lowest BCUT2D eigenvalue weighted by atomic mass is 9.99. The number of hydrogen-bond donors (Lipinski definition) is 1. The summed E-state index contributed by atoms with van der Waals surface area (Å²) in [5.41, 5.74) is 7.25. The Hall–Kier alpha value is -6.51. The number of ether oxygens (including phenoxy) is 2. The van der Waals surface area contributed by atoms with E-state index in [1.165, 1.54) is 54.4 Å². The van der Waals surface area contributed by atoms with E-state index in [4.69, 9.17) is 9.47 Å². The molecule has 356 valence electrons. The highest BCUT2D eigenvalue weighted by Crippen LogP contribution is 2.27. The summed E-state index contributed by atoms with van der Waals surface area (Å²) in [6, 6.07) is 66.9. The monoisotopic (exact) mass is 919 g/mol. The molecular weight excluding hydrogens is 849 g/mol. The first-order valence-electron chi connectivity index (χ1n) is 25.3. The smallest absolute Gasteiger partial charge is 0.254 e. The Morgan fingerprint density at radius 2 is 0.928 bits per heavy atom. The van der Waals surface area contributed by atoms with Crippen molar-refractivity contribution in [2.45, 2.75) is 96.6 Å². The van der Waals surface area contributed by atoms with Gasteiger partial charge in [0.05, 0.1) is 0 Å². The molecule has 0 radical (unpaired) electrons. The summed E-state index contributed by atoms with van der Waals surface area (Å²) in [6.07, 6.45) is 9.10. The highest BCUT2D eigenvalue weighted by molar-refractivity contribution is 5.94. The van der Waals surface area contributed by atoms with Crippen LogP contribution >= 0.6 is 0 Å². The summed E-state index contributed by atoms with van der Waals surface area (Å²) in [7, 11) is 0. The van der Waals surface area contributed by atoms with E-state index in [9.17, 15) is 4.79 Å². The van der Waals surface area contributed by atoms with Gasteiger partial charge in [-0.1, -0.05) is 153 Å². The number of carbonyl (C=O) groups excluding carboxylic acids is 1. The first kappa shape index (κ1) is 48.9. The molecule has 2 fully saturated rings. The Bertz CT molecular complexity index is 2510. The van der Waals surface area contributed by atoms with Crippen LogP contribution < -0.4 is 14.8 Å². The van der Waals surface area contributed by atoms with Crippen molar-refractivity contribution in [2.75, 3.05) is 26.2 Å². The molecule has 0 spiro atoms. The molecule has 69 heavy (non-hydrogen) atoms. The van der Waals surface area contributed by atoms with Gasteiger partial charge in [0.15, 0.2) is 0 Å². The Balaban J connectivity index is 0.000000200. The quantitative estimate of drug-likeness (QED) is 0.0816. The molecule has 7 aromatic rings. The average molecular weight is 919 g/mol. The van der Waals surface area contributed by atoms with Gasteiger partial charge < -0.3 is 19.7 Å². The van der Waals surface area contributed by atoms with Crippen molar-refractivity contribution in [2.24, 2.45) is 0 Å². The molecule has 7 heteroatoms. The van der Waals surface area contributed by atoms with Crippen LogP contribution in [0, 0.1) is 0 Å². The van der Waals surface area contributed by atoms with E-state index in [-0.39, 0.29) is 11.9 Å². The third kappa shape index (κ3) is 15.8. The van der Waals surface area contributed by atoms with Gasteiger partial charge in [-0.2, -0.15) is 0 Å². The number of piperidine rings is 2. The molecule has 2 aliphatic heterocycles. The van der Waals surface area contributed by atoms with Crippen LogP contribution in [-0.4, -0.2) is 58.9 Å². The number of amides is 1. The molecule has 2 saturated heterocycles. The number of benzene rings is 7. The summed E-state index contributed by atoms with van der Waals surface area (Å²) in [5.74, 6) is 3.49. The standard InChI is InChI=1S/C37H42N2O2.C25H28N2O/c1-2-3-6-11-30-16-20-33(21-17-30)37(40)39(34-24-26-38(27-25-34)28-31-12-7-4-8-13-31)29-32-18-22-36(23-19-32)41-35-14-9-5-10-15-35;1-3-7-22(8-4-1)20-27-17-15-23(16-18-27)26-19-21-11-13-25(14-12-21)28-24-9-5-2-6-10-24/h4-5,7-10,12-23,34H,2-3,6,11,24-29H2,1H3;1-14,23,26H,15-20H2. The normalized spacial score (nSPS) is 14.6. The van der Waals surface area contributed by atoms with Crippen LogP contribution in [0.15, 0.2) is 194 Å². The second kappa shape index (κ2) is 26.3. The van der Waals surface area contributed by atoms with E-state index in [1.807, 2.05) is 97.1 Å². The van der Waals surface area contributed by atoms with Crippen LogP contribution in [0.25, 0.3) is 0 Å². The molecule has 2 aliphatic rings. The Morgan fingerprint density at radius 1 is 0.493 bits per heavy atom. The zero-order valence-electron chi connectivity index (χ0n) is 40.5. The first-order chi connectivity index (χ1) is 34.0. The lowest BCUT2D eigenvalue weighted by Crippen LogP contribution is -2.46. The van der Waals surface area contributed by atoms with Gasteiger partial charge in [-0.3, -0.25) is 14.6 Å². The Kier molecular flexibility index (Phi) is 18.7. The number of aryl methyl sites for hydroxylation is 1. The largest absolute Gasteiger partial charge is 0.457 e. The van der Waals surface area contributed by atoms with Crippen molar-refractivity contribution >= 4 is 5.91 Å². The first-order valence-corrected chi connectivity index (χ1v) is 25.3. The number of nitrogens with one attached hydrogen (secondary N) is 1. The summed E-state index contributed by atoms with van der Waals surface area (Å²) in [5, 5.41) is 3.72. The maximum absolute atomic E-state index is 14.0. The Morgan fingerprint density at radius 3 is 1.42 bits per heavy atom. The molecule has 1 amide bonds. The van der Waals surface area contributed by atoms with Gasteiger partial charge in [-0.05, 0) is 140 Å². The van der Waals surface area contributed by atoms with Gasteiger partial charge in [0.2, 0.25) is 0 Å². The predicted molar refractivity (Wildman–Crippen MR) is 282 cm³/mol. The second-order valence-electron chi connectivity index (χ2n) is 18.6. The molecule has 0 unspecified atom stereocenters. The lowest BCUT2D eigenvalue weighted by molar-refractivity contribution is 0.0543. The number of para-hydroxylation sites is 2. The van der Waals surface area contributed by atoms with Crippen molar-refractivity contribution in [1.82, 2.24) is 20.0 Å². The van der Waals surface area contributed by atoms with Crippen molar-refractivity contribution < 1.29 is 14.3 Å². The molecule has 2 heterocycles. The third-order valence-corrected chi connectivity index (χ3v) is 13.4. The second-order valence-corrected chi connectivity index (χ2v) is 18.6. The van der Waals surface area contributed by atoms with Crippen LogP contribution in [0.5, 0.6) is 23.0 Å². The molecule has 1 N–H and O–H groups in total. The van der Waals surface area contributed by atoms with E-state index in [2.05, 4.69) is 124 Å². The van der Waals surface area contributed by atoms with Gasteiger partial charge in [0.1, 0.15) is 23.0 Å². The molecule has 7 nitrogen and oxygen atoms in total. The predicted octanol–water partition coefficient (Wildman–Crippen LogP) is 13.8. The number of unbranched alkanes of at least 4 members (excludes halogenated alkanes) is 2. The van der Waals surface area contributed by atoms with E-state index in [1.54, 1.807) is 0 Å². The molecule has 0 aliphatic carbocycles. The molecule has 0 atom stereocenters. The van der Waals surface area contributed by atoms with Crippen molar-refractivity contribution in [3.63, 3.8) is 0 Å².